The quantitative estimate of drug-likeness (QED) is 0.477. The molecule has 0 bridgehead atoms. The molecule has 8 nitrogen and oxygen atoms in total. The van der Waals surface area contributed by atoms with Crippen molar-refractivity contribution in [2.75, 3.05) is 23.8 Å². The lowest BCUT2D eigenvalue weighted by Crippen LogP contribution is -2.35. The number of nitrogens with zero attached hydrogens (tertiary/aromatic N) is 3. The summed E-state index contributed by atoms with van der Waals surface area (Å²) in [5, 5.41) is 16.1. The van der Waals surface area contributed by atoms with Gasteiger partial charge in [-0.05, 0) is 62.1 Å². The molecule has 0 aromatic carbocycles. The monoisotopic (exact) mass is 467 g/mol. The molecule has 1 saturated carbocycles. The highest BCUT2D eigenvalue weighted by Gasteiger charge is 2.30. The molecule has 1 atom stereocenters. The van der Waals surface area contributed by atoms with Crippen LogP contribution >= 0.6 is 0 Å². The number of carbonyl (C=O) groups is 1. The van der Waals surface area contributed by atoms with E-state index in [2.05, 4.69) is 32.7 Å². The van der Waals surface area contributed by atoms with Crippen molar-refractivity contribution in [2.45, 2.75) is 83.3 Å². The fourth-order valence-electron chi connectivity index (χ4n) is 4.50. The summed E-state index contributed by atoms with van der Waals surface area (Å²) in [5.41, 5.74) is 2.29. The van der Waals surface area contributed by atoms with Crippen molar-refractivity contribution in [2.24, 2.45) is 5.92 Å². The van der Waals surface area contributed by atoms with Crippen molar-refractivity contribution in [3.63, 3.8) is 0 Å². The third-order valence-corrected chi connectivity index (χ3v) is 6.66. The Labute approximate surface area is 202 Å². The van der Waals surface area contributed by atoms with E-state index in [4.69, 9.17) is 9.72 Å². The number of hydrogen-bond acceptors (Lipinski definition) is 7. The number of carboxylic acids is 1. The molecule has 184 valence electrons. The Bertz CT molecular complexity index is 985. The number of anilines is 2. The highest BCUT2D eigenvalue weighted by atomic mass is 16.5. The molecular weight excluding hydrogens is 430 g/mol. The van der Waals surface area contributed by atoms with Crippen LogP contribution in [0.4, 0.5) is 11.6 Å². The second-order valence-electron chi connectivity index (χ2n) is 10.5. The highest BCUT2D eigenvalue weighted by molar-refractivity contribution is 5.76. The molecule has 8 heteroatoms. The topological polar surface area (TPSA) is 109 Å². The van der Waals surface area contributed by atoms with Crippen LogP contribution in [-0.2, 0) is 27.8 Å². The number of rotatable bonds is 10. The maximum Gasteiger partial charge on any atom is 0.326 e. The molecule has 0 unspecified atom stereocenters. The van der Waals surface area contributed by atoms with Crippen LogP contribution in [0.15, 0.2) is 24.4 Å². The van der Waals surface area contributed by atoms with E-state index in [1.54, 1.807) is 12.3 Å². The smallest absolute Gasteiger partial charge is 0.326 e. The van der Waals surface area contributed by atoms with Crippen molar-refractivity contribution >= 4 is 17.6 Å². The number of fused-ring (bicyclic) bond motifs is 1. The summed E-state index contributed by atoms with van der Waals surface area (Å²) in [7, 11) is 0. The molecule has 2 aliphatic rings. The maximum atomic E-state index is 11.7. The molecule has 0 spiro atoms. The molecule has 3 N–H and O–H groups in total. The summed E-state index contributed by atoms with van der Waals surface area (Å²) in [5.74, 6) is 2.03. The third kappa shape index (κ3) is 6.44. The van der Waals surface area contributed by atoms with Crippen molar-refractivity contribution in [1.82, 2.24) is 15.0 Å². The van der Waals surface area contributed by atoms with Gasteiger partial charge in [0.15, 0.2) is 0 Å². The molecule has 2 aromatic heterocycles. The SMILES string of the molecule is CC(C)(C)c1nccc(N[C@@H](CCOC2CC(CCc3ccc4c(n3)NCCC4)C2)C(=O)O)n1. The maximum absolute atomic E-state index is 11.7. The minimum Gasteiger partial charge on any atom is -0.480 e. The summed E-state index contributed by atoms with van der Waals surface area (Å²) < 4.78 is 5.97. The van der Waals surface area contributed by atoms with Gasteiger partial charge in [0.1, 0.15) is 23.5 Å². The summed E-state index contributed by atoms with van der Waals surface area (Å²) in [6.45, 7) is 7.51. The average molecular weight is 468 g/mol. The van der Waals surface area contributed by atoms with E-state index in [9.17, 15) is 9.90 Å². The van der Waals surface area contributed by atoms with Gasteiger partial charge in [0.05, 0.1) is 6.10 Å². The first-order valence-electron chi connectivity index (χ1n) is 12.4. The number of aryl methyl sites for hydroxylation is 2. The molecule has 34 heavy (non-hydrogen) atoms. The highest BCUT2D eigenvalue weighted by Crippen LogP contribution is 2.34. The molecular formula is C26H37N5O3. The Morgan fingerprint density at radius 3 is 2.85 bits per heavy atom. The van der Waals surface area contributed by atoms with Crippen molar-refractivity contribution in [3.05, 3.63) is 41.5 Å². The standard InChI is InChI=1S/C26H37N5O3/c1-26(2,3)25-28-13-10-22(31-25)30-21(24(32)33)11-14-34-20-15-17(16-20)6-8-19-9-7-18-5-4-12-27-23(18)29-19/h7,9-10,13,17,20-21H,4-6,8,11-12,14-16H2,1-3H3,(H,27,29)(H,32,33)(H,28,30,31)/t17?,20?,21-/m0/s1. The fourth-order valence-corrected chi connectivity index (χ4v) is 4.50. The molecule has 1 fully saturated rings. The molecule has 2 aromatic rings. The van der Waals surface area contributed by atoms with Crippen molar-refractivity contribution < 1.29 is 14.6 Å². The van der Waals surface area contributed by atoms with Gasteiger partial charge in [-0.1, -0.05) is 26.8 Å². The third-order valence-electron chi connectivity index (χ3n) is 6.66. The molecule has 0 radical (unpaired) electrons. The lowest BCUT2D eigenvalue weighted by Gasteiger charge is -2.35. The van der Waals surface area contributed by atoms with Crippen LogP contribution in [-0.4, -0.2) is 51.3 Å². The Balaban J connectivity index is 1.16. The number of hydrogen-bond donors (Lipinski definition) is 3. The van der Waals surface area contributed by atoms with Gasteiger partial charge in [-0.2, -0.15) is 0 Å². The normalized spacial score (nSPS) is 20.6. The molecule has 0 amide bonds. The zero-order chi connectivity index (χ0) is 24.1. The van der Waals surface area contributed by atoms with Gasteiger partial charge in [-0.3, -0.25) is 0 Å². The number of nitrogens with one attached hydrogen (secondary N) is 2. The van der Waals surface area contributed by atoms with Gasteiger partial charge in [-0.15, -0.1) is 0 Å². The molecule has 3 heterocycles. The van der Waals surface area contributed by atoms with Gasteiger partial charge in [0.2, 0.25) is 0 Å². The van der Waals surface area contributed by atoms with E-state index in [1.165, 1.54) is 12.0 Å². The van der Waals surface area contributed by atoms with Crippen LogP contribution in [0.2, 0.25) is 0 Å². The van der Waals surface area contributed by atoms with Crippen LogP contribution < -0.4 is 10.6 Å². The van der Waals surface area contributed by atoms with E-state index in [0.29, 0.717) is 30.6 Å². The Kier molecular flexibility index (Phi) is 7.66. The summed E-state index contributed by atoms with van der Waals surface area (Å²) in [4.78, 5) is 25.3. The predicted octanol–water partition coefficient (Wildman–Crippen LogP) is 4.21. The molecule has 4 rings (SSSR count). The molecule has 1 aliphatic heterocycles. The largest absolute Gasteiger partial charge is 0.480 e. The van der Waals surface area contributed by atoms with Gasteiger partial charge in [0.25, 0.3) is 0 Å². The number of aromatic nitrogens is 3. The molecule has 1 aliphatic carbocycles. The fraction of sp³-hybridized carbons (Fsp3) is 0.615. The number of ether oxygens (including phenoxy) is 1. The second-order valence-corrected chi connectivity index (χ2v) is 10.5. The number of aliphatic carboxylic acids is 1. The number of carboxylic acid groups (broad SMARTS) is 1. The van der Waals surface area contributed by atoms with E-state index in [0.717, 1.165) is 50.2 Å². The van der Waals surface area contributed by atoms with Gasteiger partial charge >= 0.3 is 5.97 Å². The predicted molar refractivity (Wildman–Crippen MR) is 132 cm³/mol. The minimum absolute atomic E-state index is 0.201. The second kappa shape index (κ2) is 10.7. The first-order valence-corrected chi connectivity index (χ1v) is 12.4. The average Bonchev–Trinajstić information content (AvgIpc) is 2.78. The first kappa shape index (κ1) is 24.4. The van der Waals surface area contributed by atoms with E-state index >= 15 is 0 Å². The zero-order valence-electron chi connectivity index (χ0n) is 20.5. The van der Waals surface area contributed by atoms with Crippen LogP contribution in [0.25, 0.3) is 0 Å². The minimum atomic E-state index is -0.905. The Morgan fingerprint density at radius 1 is 1.26 bits per heavy atom. The Hall–Kier alpha value is -2.74. The van der Waals surface area contributed by atoms with Gasteiger partial charge < -0.3 is 20.5 Å². The molecule has 0 saturated heterocycles. The van der Waals surface area contributed by atoms with E-state index in [-0.39, 0.29) is 11.5 Å². The van der Waals surface area contributed by atoms with Gasteiger partial charge in [0, 0.05) is 36.9 Å². The summed E-state index contributed by atoms with van der Waals surface area (Å²) in [6, 6.07) is 5.34. The van der Waals surface area contributed by atoms with E-state index in [1.807, 2.05) is 20.8 Å². The summed E-state index contributed by atoms with van der Waals surface area (Å²) in [6.07, 6.45) is 8.76. The van der Waals surface area contributed by atoms with Crippen LogP contribution in [0, 0.1) is 5.92 Å². The Morgan fingerprint density at radius 2 is 2.09 bits per heavy atom. The van der Waals surface area contributed by atoms with Crippen LogP contribution in [0.1, 0.15) is 70.0 Å². The van der Waals surface area contributed by atoms with Crippen molar-refractivity contribution in [1.29, 1.82) is 0 Å². The lowest BCUT2D eigenvalue weighted by atomic mass is 9.79. The first-order chi connectivity index (χ1) is 16.3. The lowest BCUT2D eigenvalue weighted by molar-refractivity contribution is -0.138. The van der Waals surface area contributed by atoms with Crippen LogP contribution in [0.5, 0.6) is 0 Å². The summed E-state index contributed by atoms with van der Waals surface area (Å²) >= 11 is 0. The van der Waals surface area contributed by atoms with E-state index < -0.39 is 12.0 Å². The van der Waals surface area contributed by atoms with Gasteiger partial charge in [-0.25, -0.2) is 19.7 Å². The van der Waals surface area contributed by atoms with Crippen LogP contribution in [0.3, 0.4) is 0 Å². The van der Waals surface area contributed by atoms with Crippen molar-refractivity contribution in [3.8, 4) is 0 Å². The number of pyridine rings is 1. The zero-order valence-corrected chi connectivity index (χ0v) is 20.5.